The maximum atomic E-state index is 11.4. The van der Waals surface area contributed by atoms with E-state index in [9.17, 15) is 9.59 Å². The van der Waals surface area contributed by atoms with E-state index >= 15 is 0 Å². The summed E-state index contributed by atoms with van der Waals surface area (Å²) >= 11 is 0. The van der Waals surface area contributed by atoms with Crippen molar-refractivity contribution in [2.75, 3.05) is 13.1 Å². The molecule has 7 nitrogen and oxygen atoms in total. The largest absolute Gasteiger partial charge is 0.440 e. The smallest absolute Gasteiger partial charge is 0.325 e. The van der Waals surface area contributed by atoms with Gasteiger partial charge >= 0.3 is 5.69 Å². The molecule has 7 heteroatoms. The zero-order chi connectivity index (χ0) is 16.5. The van der Waals surface area contributed by atoms with Gasteiger partial charge in [-0.1, -0.05) is 12.1 Å². The van der Waals surface area contributed by atoms with Crippen LogP contribution in [0.15, 0.2) is 44.3 Å². The summed E-state index contributed by atoms with van der Waals surface area (Å²) in [6, 6.07) is 9.20. The van der Waals surface area contributed by atoms with Crippen LogP contribution in [0.2, 0.25) is 0 Å². The molecule has 0 aliphatic carbocycles. The Morgan fingerprint density at radius 1 is 1.25 bits per heavy atom. The highest BCUT2D eigenvalue weighted by molar-refractivity contribution is 5.72. The molecule has 0 radical (unpaired) electrons. The molecule has 0 spiro atoms. The molecule has 1 aliphatic heterocycles. The van der Waals surface area contributed by atoms with Gasteiger partial charge in [-0.05, 0) is 31.5 Å². The van der Waals surface area contributed by atoms with Crippen molar-refractivity contribution in [3.8, 4) is 0 Å². The third-order valence-electron chi connectivity index (χ3n) is 4.38. The Balaban J connectivity index is 1.52. The predicted molar refractivity (Wildman–Crippen MR) is 88.9 cm³/mol. The van der Waals surface area contributed by atoms with Crippen LogP contribution in [-0.2, 0) is 6.54 Å². The highest BCUT2D eigenvalue weighted by Gasteiger charge is 2.25. The molecule has 1 unspecified atom stereocenters. The molecule has 2 N–H and O–H groups in total. The summed E-state index contributed by atoms with van der Waals surface area (Å²) in [4.78, 5) is 34.5. The van der Waals surface area contributed by atoms with Crippen LogP contribution in [-0.4, -0.2) is 32.9 Å². The normalized spacial score (nSPS) is 18.9. The molecule has 2 aromatic heterocycles. The van der Waals surface area contributed by atoms with E-state index in [0.29, 0.717) is 12.2 Å². The Labute approximate surface area is 137 Å². The van der Waals surface area contributed by atoms with Crippen molar-refractivity contribution in [1.82, 2.24) is 19.9 Å². The fourth-order valence-electron chi connectivity index (χ4n) is 3.31. The average molecular weight is 326 g/mol. The number of hydrogen-bond acceptors (Lipinski definition) is 5. The molecule has 1 aliphatic rings. The molecule has 24 heavy (non-hydrogen) atoms. The first-order valence-corrected chi connectivity index (χ1v) is 8.08. The van der Waals surface area contributed by atoms with Gasteiger partial charge in [0.1, 0.15) is 5.52 Å². The number of fused-ring (bicyclic) bond motifs is 1. The van der Waals surface area contributed by atoms with E-state index in [1.165, 1.54) is 6.07 Å². The number of aromatic amines is 2. The van der Waals surface area contributed by atoms with Crippen molar-refractivity contribution in [2.24, 2.45) is 0 Å². The van der Waals surface area contributed by atoms with Crippen LogP contribution < -0.4 is 11.2 Å². The van der Waals surface area contributed by atoms with Gasteiger partial charge in [0, 0.05) is 30.8 Å². The molecule has 0 bridgehead atoms. The van der Waals surface area contributed by atoms with Gasteiger partial charge in [-0.3, -0.25) is 14.7 Å². The molecule has 1 saturated heterocycles. The summed E-state index contributed by atoms with van der Waals surface area (Å²) in [6.45, 7) is 2.25. The minimum absolute atomic E-state index is 0.222. The number of nitrogens with zero attached hydrogens (tertiary/aromatic N) is 2. The van der Waals surface area contributed by atoms with Crippen molar-refractivity contribution >= 4 is 11.1 Å². The fraction of sp³-hybridized carbons (Fsp3) is 0.353. The second-order valence-corrected chi connectivity index (χ2v) is 6.21. The maximum Gasteiger partial charge on any atom is 0.325 e. The second kappa shape index (κ2) is 6.09. The Kier molecular flexibility index (Phi) is 3.78. The summed E-state index contributed by atoms with van der Waals surface area (Å²) in [5.41, 5.74) is 1.47. The lowest BCUT2D eigenvalue weighted by atomic mass is 9.98. The van der Waals surface area contributed by atoms with E-state index in [1.54, 1.807) is 0 Å². The van der Waals surface area contributed by atoms with Crippen LogP contribution in [0.25, 0.3) is 11.1 Å². The van der Waals surface area contributed by atoms with Gasteiger partial charge in [0.25, 0.3) is 5.56 Å². The number of benzene rings is 1. The van der Waals surface area contributed by atoms with E-state index in [2.05, 4.69) is 19.9 Å². The van der Waals surface area contributed by atoms with Crippen LogP contribution in [0.3, 0.4) is 0 Å². The number of hydrogen-bond donors (Lipinski definition) is 2. The van der Waals surface area contributed by atoms with Crippen LogP contribution >= 0.6 is 0 Å². The van der Waals surface area contributed by atoms with E-state index in [-0.39, 0.29) is 11.5 Å². The number of H-pyrrole nitrogens is 2. The Hall–Kier alpha value is -2.67. The van der Waals surface area contributed by atoms with Crippen LogP contribution in [0.5, 0.6) is 0 Å². The zero-order valence-corrected chi connectivity index (χ0v) is 13.1. The van der Waals surface area contributed by atoms with E-state index in [0.717, 1.165) is 42.9 Å². The molecular formula is C17H18N4O3. The molecule has 3 heterocycles. The first-order valence-electron chi connectivity index (χ1n) is 8.08. The lowest BCUT2D eigenvalue weighted by Crippen LogP contribution is -2.35. The van der Waals surface area contributed by atoms with Crippen LogP contribution in [0.4, 0.5) is 0 Å². The van der Waals surface area contributed by atoms with Crippen molar-refractivity contribution in [2.45, 2.75) is 25.3 Å². The molecular weight excluding hydrogens is 308 g/mol. The van der Waals surface area contributed by atoms with Crippen LogP contribution in [0.1, 0.15) is 30.3 Å². The Bertz CT molecular complexity index is 910. The van der Waals surface area contributed by atoms with Crippen molar-refractivity contribution < 1.29 is 4.42 Å². The summed E-state index contributed by atoms with van der Waals surface area (Å²) in [5, 5.41) is 0. The molecule has 124 valence electrons. The van der Waals surface area contributed by atoms with Gasteiger partial charge < -0.3 is 9.40 Å². The molecule has 1 aromatic carbocycles. The van der Waals surface area contributed by atoms with Gasteiger partial charge in [0.05, 0.1) is 0 Å². The first-order chi connectivity index (χ1) is 11.7. The van der Waals surface area contributed by atoms with Gasteiger partial charge in [0.15, 0.2) is 11.5 Å². The topological polar surface area (TPSA) is 95.0 Å². The molecule has 1 fully saturated rings. The number of aromatic nitrogens is 3. The van der Waals surface area contributed by atoms with E-state index in [4.69, 9.17) is 4.42 Å². The third-order valence-corrected chi connectivity index (χ3v) is 4.38. The summed E-state index contributed by atoms with van der Waals surface area (Å²) < 4.78 is 5.89. The standard InChI is InChI=1S/C17H18N4O3/c22-15-8-12(18-17(23)20-15)10-21-7-3-4-11(9-21)16-19-13-5-1-2-6-14(13)24-16/h1-2,5-6,8,11H,3-4,7,9-10H2,(H2,18,20,22,23). The number of piperidine rings is 1. The van der Waals surface area contributed by atoms with Crippen LogP contribution in [0, 0.1) is 0 Å². The maximum absolute atomic E-state index is 11.4. The second-order valence-electron chi connectivity index (χ2n) is 6.21. The lowest BCUT2D eigenvalue weighted by molar-refractivity contribution is 0.185. The number of nitrogens with one attached hydrogen (secondary N) is 2. The zero-order valence-electron chi connectivity index (χ0n) is 13.1. The lowest BCUT2D eigenvalue weighted by Gasteiger charge is -2.30. The highest BCUT2D eigenvalue weighted by Crippen LogP contribution is 2.29. The number of rotatable bonds is 3. The van der Waals surface area contributed by atoms with E-state index in [1.807, 2.05) is 24.3 Å². The number of oxazole rings is 1. The Morgan fingerprint density at radius 2 is 2.12 bits per heavy atom. The minimum Gasteiger partial charge on any atom is -0.440 e. The van der Waals surface area contributed by atoms with Crippen molar-refractivity contribution in [1.29, 1.82) is 0 Å². The molecule has 0 saturated carbocycles. The Morgan fingerprint density at radius 3 is 2.96 bits per heavy atom. The average Bonchev–Trinajstić information content (AvgIpc) is 2.98. The minimum atomic E-state index is -0.468. The first kappa shape index (κ1) is 14.9. The van der Waals surface area contributed by atoms with Gasteiger partial charge in [-0.2, -0.15) is 0 Å². The quantitative estimate of drug-likeness (QED) is 0.762. The summed E-state index contributed by atoms with van der Waals surface area (Å²) in [7, 11) is 0. The number of para-hydroxylation sites is 2. The van der Waals surface area contributed by atoms with Crippen molar-refractivity contribution in [3.63, 3.8) is 0 Å². The molecule has 3 aromatic rings. The monoisotopic (exact) mass is 326 g/mol. The van der Waals surface area contributed by atoms with Gasteiger partial charge in [-0.15, -0.1) is 0 Å². The van der Waals surface area contributed by atoms with Gasteiger partial charge in [0.2, 0.25) is 0 Å². The molecule has 4 rings (SSSR count). The van der Waals surface area contributed by atoms with Gasteiger partial charge in [-0.25, -0.2) is 9.78 Å². The highest BCUT2D eigenvalue weighted by atomic mass is 16.3. The fourth-order valence-corrected chi connectivity index (χ4v) is 3.31. The summed E-state index contributed by atoms with van der Waals surface area (Å²) in [5.74, 6) is 0.986. The predicted octanol–water partition coefficient (Wildman–Crippen LogP) is 1.58. The third kappa shape index (κ3) is 3.03. The molecule has 1 atom stereocenters. The van der Waals surface area contributed by atoms with E-state index < -0.39 is 5.69 Å². The summed E-state index contributed by atoms with van der Waals surface area (Å²) in [6.07, 6.45) is 2.05. The molecule has 0 amide bonds. The van der Waals surface area contributed by atoms with Crippen molar-refractivity contribution in [3.05, 3.63) is 62.8 Å². The SMILES string of the molecule is O=c1cc(CN2CCCC(c3nc4ccccc4o3)C2)[nH]c(=O)[nH]1. The number of likely N-dealkylation sites (tertiary alicyclic amines) is 1.